The number of fused-ring (bicyclic) bond motifs is 1. The lowest BCUT2D eigenvalue weighted by molar-refractivity contribution is 0.144. The Hall–Kier alpha value is -2.88. The van der Waals surface area contributed by atoms with Gasteiger partial charge in [-0.3, -0.25) is 0 Å². The number of aromatic nitrogens is 1. The zero-order valence-corrected chi connectivity index (χ0v) is 18.9. The van der Waals surface area contributed by atoms with E-state index in [9.17, 15) is 5.11 Å². The fraction of sp³-hybridized carbons (Fsp3) is 0.286. The molecular weight excluding hydrogens is 380 g/mol. The summed E-state index contributed by atoms with van der Waals surface area (Å²) >= 11 is 0. The number of aryl methyl sites for hydroxylation is 1. The van der Waals surface area contributed by atoms with Crippen molar-refractivity contribution in [2.45, 2.75) is 45.9 Å². The highest BCUT2D eigenvalue weighted by Gasteiger charge is 2.22. The molecule has 1 atom stereocenters. The van der Waals surface area contributed by atoms with Crippen LogP contribution < -0.4 is 5.32 Å². The average molecular weight is 413 g/mol. The lowest BCUT2D eigenvalue weighted by Crippen LogP contribution is -2.42. The van der Waals surface area contributed by atoms with Crippen molar-refractivity contribution in [3.63, 3.8) is 0 Å². The minimum atomic E-state index is -0.498. The Kier molecular flexibility index (Phi) is 5.99. The third-order valence-electron chi connectivity index (χ3n) is 5.59. The van der Waals surface area contributed by atoms with Gasteiger partial charge in [0.2, 0.25) is 0 Å². The van der Waals surface area contributed by atoms with Crippen LogP contribution in [0, 0.1) is 6.92 Å². The summed E-state index contributed by atoms with van der Waals surface area (Å²) in [6, 6.07) is 27.7. The molecule has 0 amide bonds. The van der Waals surface area contributed by atoms with E-state index < -0.39 is 6.10 Å². The molecule has 3 aromatic carbocycles. The number of benzene rings is 3. The van der Waals surface area contributed by atoms with Crippen molar-refractivity contribution in [3.8, 4) is 22.4 Å². The topological polar surface area (TPSA) is 37.2 Å². The quantitative estimate of drug-likeness (QED) is 0.405. The molecule has 0 fully saturated rings. The molecule has 1 aromatic heterocycles. The first-order valence-corrected chi connectivity index (χ1v) is 11.0. The van der Waals surface area contributed by atoms with E-state index in [-0.39, 0.29) is 5.54 Å². The number of nitrogens with one attached hydrogen (secondary N) is 1. The number of hydrogen-bond acceptors (Lipinski definition) is 2. The van der Waals surface area contributed by atoms with Crippen LogP contribution in [0.25, 0.3) is 33.3 Å². The molecule has 0 saturated carbocycles. The maximum atomic E-state index is 10.9. The zero-order valence-electron chi connectivity index (χ0n) is 18.9. The minimum absolute atomic E-state index is 0.0334. The highest BCUT2D eigenvalue weighted by atomic mass is 16.3. The van der Waals surface area contributed by atoms with E-state index in [0.29, 0.717) is 13.1 Å². The first-order valence-electron chi connectivity index (χ1n) is 11.0. The van der Waals surface area contributed by atoms with E-state index in [1.54, 1.807) is 0 Å². The maximum absolute atomic E-state index is 10.9. The molecule has 0 aliphatic rings. The molecule has 2 N–H and O–H groups in total. The van der Waals surface area contributed by atoms with Crippen molar-refractivity contribution in [2.75, 3.05) is 6.54 Å². The molecule has 0 bridgehead atoms. The summed E-state index contributed by atoms with van der Waals surface area (Å²) in [6.07, 6.45) is -0.498. The molecule has 160 valence electrons. The third-order valence-corrected chi connectivity index (χ3v) is 5.59. The van der Waals surface area contributed by atoms with Gasteiger partial charge in [-0.05, 0) is 51.0 Å². The predicted octanol–water partition coefficient (Wildman–Crippen LogP) is 6.03. The fourth-order valence-electron chi connectivity index (χ4n) is 4.15. The highest BCUT2D eigenvalue weighted by molar-refractivity contribution is 6.04. The summed E-state index contributed by atoms with van der Waals surface area (Å²) in [5, 5.41) is 15.6. The number of aliphatic hydroxyl groups excluding tert-OH is 1. The summed E-state index contributed by atoms with van der Waals surface area (Å²) < 4.78 is 2.29. The third kappa shape index (κ3) is 4.73. The van der Waals surface area contributed by atoms with Crippen LogP contribution in [-0.4, -0.2) is 27.9 Å². The van der Waals surface area contributed by atoms with E-state index in [0.717, 1.165) is 16.8 Å². The summed E-state index contributed by atoms with van der Waals surface area (Å²) in [4.78, 5) is 0. The molecule has 0 spiro atoms. The van der Waals surface area contributed by atoms with E-state index in [1.165, 1.54) is 22.1 Å². The Labute approximate surface area is 185 Å². The van der Waals surface area contributed by atoms with Gasteiger partial charge in [0, 0.05) is 28.6 Å². The summed E-state index contributed by atoms with van der Waals surface area (Å²) in [5.41, 5.74) is 7.08. The summed E-state index contributed by atoms with van der Waals surface area (Å²) in [6.45, 7) is 9.57. The van der Waals surface area contributed by atoms with E-state index in [1.807, 2.05) is 6.07 Å². The second kappa shape index (κ2) is 8.70. The summed E-state index contributed by atoms with van der Waals surface area (Å²) in [5.74, 6) is 0. The van der Waals surface area contributed by atoms with Gasteiger partial charge in [0.05, 0.1) is 18.3 Å². The van der Waals surface area contributed by atoms with E-state index in [4.69, 9.17) is 0 Å². The lowest BCUT2D eigenvalue weighted by atomic mass is 9.98. The molecule has 4 rings (SSSR count). The normalized spacial score (nSPS) is 12.9. The molecule has 0 aliphatic carbocycles. The molecule has 0 unspecified atom stereocenters. The fourth-order valence-corrected chi connectivity index (χ4v) is 4.15. The number of nitrogens with zero attached hydrogens (tertiary/aromatic N) is 1. The van der Waals surface area contributed by atoms with Crippen LogP contribution in [0.15, 0.2) is 78.9 Å². The van der Waals surface area contributed by atoms with Crippen LogP contribution in [0.3, 0.4) is 0 Å². The Morgan fingerprint density at radius 2 is 1.48 bits per heavy atom. The Bertz CT molecular complexity index is 1150. The number of hydrogen-bond donors (Lipinski definition) is 2. The zero-order chi connectivity index (χ0) is 22.0. The average Bonchev–Trinajstić information content (AvgIpc) is 3.06. The van der Waals surface area contributed by atoms with Crippen molar-refractivity contribution in [1.29, 1.82) is 0 Å². The summed E-state index contributed by atoms with van der Waals surface area (Å²) in [7, 11) is 0. The van der Waals surface area contributed by atoms with Gasteiger partial charge in [-0.15, -0.1) is 0 Å². The number of rotatable bonds is 6. The van der Waals surface area contributed by atoms with Crippen molar-refractivity contribution in [3.05, 3.63) is 84.4 Å². The van der Waals surface area contributed by atoms with Gasteiger partial charge in [0.25, 0.3) is 0 Å². The Balaban J connectivity index is 1.92. The Morgan fingerprint density at radius 1 is 0.871 bits per heavy atom. The van der Waals surface area contributed by atoms with Gasteiger partial charge < -0.3 is 15.0 Å². The Morgan fingerprint density at radius 3 is 2.10 bits per heavy atom. The van der Waals surface area contributed by atoms with Crippen LogP contribution in [0.4, 0.5) is 0 Å². The molecule has 3 nitrogen and oxygen atoms in total. The standard InChI is InChI=1S/C28H32N2O/c1-20-15-16-25-24(17-20)26(21-11-7-5-8-12-21)27(22-13-9-6-10-14-22)30(25)19-23(31)18-29-28(2,3)4/h5-17,23,29,31H,18-19H2,1-4H3/t23-/m0/s1. The SMILES string of the molecule is Cc1ccc2c(c1)c(-c1ccccc1)c(-c1ccccc1)n2C[C@@H](O)CNC(C)(C)C. The van der Waals surface area contributed by atoms with Gasteiger partial charge in [0.15, 0.2) is 0 Å². The second-order valence-corrected chi connectivity index (χ2v) is 9.37. The molecule has 1 heterocycles. The van der Waals surface area contributed by atoms with Crippen molar-refractivity contribution in [2.24, 2.45) is 0 Å². The first kappa shape index (κ1) is 21.4. The van der Waals surface area contributed by atoms with Gasteiger partial charge in [-0.1, -0.05) is 72.3 Å². The van der Waals surface area contributed by atoms with Gasteiger partial charge >= 0.3 is 0 Å². The molecule has 3 heteroatoms. The highest BCUT2D eigenvalue weighted by Crippen LogP contribution is 2.41. The van der Waals surface area contributed by atoms with Crippen LogP contribution in [0.5, 0.6) is 0 Å². The van der Waals surface area contributed by atoms with Crippen LogP contribution >= 0.6 is 0 Å². The first-order chi connectivity index (χ1) is 14.8. The lowest BCUT2D eigenvalue weighted by Gasteiger charge is -2.24. The maximum Gasteiger partial charge on any atom is 0.0843 e. The molecular formula is C28H32N2O. The van der Waals surface area contributed by atoms with Gasteiger partial charge in [0.1, 0.15) is 0 Å². The second-order valence-electron chi connectivity index (χ2n) is 9.37. The monoisotopic (exact) mass is 412 g/mol. The molecule has 31 heavy (non-hydrogen) atoms. The van der Waals surface area contributed by atoms with Crippen LogP contribution in [-0.2, 0) is 6.54 Å². The van der Waals surface area contributed by atoms with Crippen molar-refractivity contribution >= 4 is 10.9 Å². The largest absolute Gasteiger partial charge is 0.390 e. The molecule has 0 aliphatic heterocycles. The smallest absolute Gasteiger partial charge is 0.0843 e. The minimum Gasteiger partial charge on any atom is -0.390 e. The molecule has 0 radical (unpaired) electrons. The van der Waals surface area contributed by atoms with Crippen molar-refractivity contribution < 1.29 is 5.11 Å². The van der Waals surface area contributed by atoms with Crippen LogP contribution in [0.2, 0.25) is 0 Å². The van der Waals surface area contributed by atoms with Gasteiger partial charge in [-0.2, -0.15) is 0 Å². The number of β-amino-alcohol motifs (C(OH)–C–C–N with tert-alkyl or cyclic N) is 1. The van der Waals surface area contributed by atoms with Gasteiger partial charge in [-0.25, -0.2) is 0 Å². The number of aliphatic hydroxyl groups is 1. The van der Waals surface area contributed by atoms with Crippen LogP contribution in [0.1, 0.15) is 26.3 Å². The van der Waals surface area contributed by atoms with E-state index >= 15 is 0 Å². The predicted molar refractivity (Wildman–Crippen MR) is 131 cm³/mol. The van der Waals surface area contributed by atoms with E-state index in [2.05, 4.69) is 110 Å². The molecule has 4 aromatic rings. The molecule has 0 saturated heterocycles. The van der Waals surface area contributed by atoms with Crippen molar-refractivity contribution in [1.82, 2.24) is 9.88 Å².